The summed E-state index contributed by atoms with van der Waals surface area (Å²) in [6, 6.07) is 5.85. The molecule has 0 bridgehead atoms. The van der Waals surface area contributed by atoms with Crippen LogP contribution in [0.1, 0.15) is 5.69 Å². The van der Waals surface area contributed by atoms with Gasteiger partial charge in [-0.15, -0.1) is 5.10 Å². The van der Waals surface area contributed by atoms with Gasteiger partial charge in [-0.1, -0.05) is 0 Å². The number of tetrazole rings is 1. The first-order valence-corrected chi connectivity index (χ1v) is 5.79. The summed E-state index contributed by atoms with van der Waals surface area (Å²) < 4.78 is 14.5. The van der Waals surface area contributed by atoms with Gasteiger partial charge >= 0.3 is 0 Å². The van der Waals surface area contributed by atoms with Crippen molar-refractivity contribution in [3.05, 3.63) is 42.0 Å². The maximum absolute atomic E-state index is 13.0. The Morgan fingerprint density at radius 1 is 1.20 bits per heavy atom. The molecule has 0 unspecified atom stereocenters. The zero-order chi connectivity index (χ0) is 14.1. The number of aromatic nitrogens is 6. The van der Waals surface area contributed by atoms with Gasteiger partial charge in [0.15, 0.2) is 5.82 Å². The van der Waals surface area contributed by atoms with Crippen molar-refractivity contribution in [3.8, 4) is 17.1 Å². The van der Waals surface area contributed by atoms with Crippen LogP contribution in [-0.2, 0) is 0 Å². The summed E-state index contributed by atoms with van der Waals surface area (Å²) in [6.45, 7) is 1.79. The van der Waals surface area contributed by atoms with E-state index in [0.29, 0.717) is 22.8 Å². The minimum Gasteiger partial charge on any atom is -0.368 e. The molecular formula is C12H10FN7. The Hall–Kier alpha value is -2.90. The van der Waals surface area contributed by atoms with E-state index in [1.54, 1.807) is 25.3 Å². The zero-order valence-corrected chi connectivity index (χ0v) is 10.5. The predicted molar refractivity (Wildman–Crippen MR) is 69.3 cm³/mol. The van der Waals surface area contributed by atoms with E-state index in [-0.39, 0.29) is 11.8 Å². The minimum atomic E-state index is -0.324. The van der Waals surface area contributed by atoms with Gasteiger partial charge in [-0.2, -0.15) is 4.68 Å². The Labute approximate surface area is 113 Å². The molecule has 0 aliphatic heterocycles. The van der Waals surface area contributed by atoms with E-state index in [2.05, 4.69) is 25.5 Å². The lowest BCUT2D eigenvalue weighted by Gasteiger charge is -2.06. The van der Waals surface area contributed by atoms with Gasteiger partial charge < -0.3 is 5.73 Å². The summed E-state index contributed by atoms with van der Waals surface area (Å²) in [5.41, 5.74) is 7.49. The molecular weight excluding hydrogens is 261 g/mol. The number of hydrogen-bond acceptors (Lipinski definition) is 6. The fourth-order valence-electron chi connectivity index (χ4n) is 1.82. The molecule has 1 aromatic carbocycles. The number of nitrogen functional groups attached to an aromatic ring is 1. The predicted octanol–water partition coefficient (Wildman–Crippen LogP) is 1.15. The Morgan fingerprint density at radius 3 is 2.65 bits per heavy atom. The van der Waals surface area contributed by atoms with Gasteiger partial charge in [0.05, 0.1) is 16.9 Å². The molecule has 0 fully saturated rings. The second-order valence-electron chi connectivity index (χ2n) is 4.12. The molecule has 0 saturated carbocycles. The third-order valence-electron chi connectivity index (χ3n) is 2.78. The average Bonchev–Trinajstić information content (AvgIpc) is 2.88. The molecule has 0 atom stereocenters. The Balaban J connectivity index is 2.12. The largest absolute Gasteiger partial charge is 0.368 e. The normalized spacial score (nSPS) is 10.7. The van der Waals surface area contributed by atoms with Crippen molar-refractivity contribution >= 4 is 5.95 Å². The van der Waals surface area contributed by atoms with Crippen LogP contribution in [0.25, 0.3) is 17.1 Å². The summed E-state index contributed by atoms with van der Waals surface area (Å²) in [6.07, 6.45) is 1.56. The topological polar surface area (TPSA) is 95.4 Å². The number of hydrogen-bond donors (Lipinski definition) is 1. The lowest BCUT2D eigenvalue weighted by atomic mass is 10.2. The summed E-state index contributed by atoms with van der Waals surface area (Å²) in [5, 5.41) is 11.5. The van der Waals surface area contributed by atoms with E-state index in [9.17, 15) is 4.39 Å². The first-order valence-electron chi connectivity index (χ1n) is 5.79. The van der Waals surface area contributed by atoms with Crippen molar-refractivity contribution in [2.45, 2.75) is 6.92 Å². The number of nitrogens with zero attached hydrogens (tertiary/aromatic N) is 6. The molecule has 0 spiro atoms. The molecule has 3 aromatic rings. The van der Waals surface area contributed by atoms with Crippen molar-refractivity contribution in [3.63, 3.8) is 0 Å². The molecule has 7 nitrogen and oxygen atoms in total. The van der Waals surface area contributed by atoms with Crippen LogP contribution in [0.2, 0.25) is 0 Å². The van der Waals surface area contributed by atoms with Crippen LogP contribution < -0.4 is 5.73 Å². The summed E-state index contributed by atoms with van der Waals surface area (Å²) in [5.74, 6) is 0.330. The van der Waals surface area contributed by atoms with Crippen LogP contribution in [0, 0.1) is 12.7 Å². The van der Waals surface area contributed by atoms with Crippen LogP contribution in [0.15, 0.2) is 30.5 Å². The zero-order valence-electron chi connectivity index (χ0n) is 10.5. The number of nitrogens with two attached hydrogens (primary N) is 1. The molecule has 2 heterocycles. The molecule has 100 valence electrons. The molecule has 8 heteroatoms. The van der Waals surface area contributed by atoms with E-state index < -0.39 is 0 Å². The highest BCUT2D eigenvalue weighted by Crippen LogP contribution is 2.21. The van der Waals surface area contributed by atoms with Crippen LogP contribution in [0.3, 0.4) is 0 Å². The van der Waals surface area contributed by atoms with Gasteiger partial charge in [0, 0.05) is 6.20 Å². The number of aryl methyl sites for hydroxylation is 1. The molecule has 0 aliphatic carbocycles. The quantitative estimate of drug-likeness (QED) is 0.751. The van der Waals surface area contributed by atoms with Crippen LogP contribution in [0.4, 0.5) is 10.3 Å². The monoisotopic (exact) mass is 271 g/mol. The minimum absolute atomic E-state index is 0.187. The summed E-state index contributed by atoms with van der Waals surface area (Å²) in [4.78, 5) is 8.02. The maximum atomic E-state index is 13.0. The molecule has 0 amide bonds. The summed E-state index contributed by atoms with van der Waals surface area (Å²) in [7, 11) is 0. The number of rotatable bonds is 2. The maximum Gasteiger partial charge on any atom is 0.220 e. The standard InChI is InChI=1S/C12H10FN7/c1-7-10(6-15-12(14)16-7)11-17-18-19-20(11)9-4-2-8(13)3-5-9/h2-6H,1H3,(H2,14,15,16). The third-order valence-corrected chi connectivity index (χ3v) is 2.78. The van der Waals surface area contributed by atoms with E-state index in [4.69, 9.17) is 5.73 Å². The van der Waals surface area contributed by atoms with Crippen molar-refractivity contribution in [2.75, 3.05) is 5.73 Å². The lowest BCUT2D eigenvalue weighted by molar-refractivity contribution is 0.627. The smallest absolute Gasteiger partial charge is 0.220 e. The van der Waals surface area contributed by atoms with Gasteiger partial charge in [0.1, 0.15) is 5.82 Å². The molecule has 0 aliphatic rings. The van der Waals surface area contributed by atoms with Gasteiger partial charge in [-0.05, 0) is 41.6 Å². The van der Waals surface area contributed by atoms with E-state index >= 15 is 0 Å². The van der Waals surface area contributed by atoms with Crippen molar-refractivity contribution in [1.82, 2.24) is 30.2 Å². The Morgan fingerprint density at radius 2 is 1.95 bits per heavy atom. The molecule has 2 aromatic heterocycles. The number of anilines is 1. The summed E-state index contributed by atoms with van der Waals surface area (Å²) >= 11 is 0. The van der Waals surface area contributed by atoms with Crippen LogP contribution in [0.5, 0.6) is 0 Å². The number of benzene rings is 1. The van der Waals surface area contributed by atoms with E-state index in [0.717, 1.165) is 0 Å². The van der Waals surface area contributed by atoms with Crippen molar-refractivity contribution in [1.29, 1.82) is 0 Å². The van der Waals surface area contributed by atoms with Crippen LogP contribution >= 0.6 is 0 Å². The van der Waals surface area contributed by atoms with Crippen molar-refractivity contribution < 1.29 is 4.39 Å². The fraction of sp³-hybridized carbons (Fsp3) is 0.0833. The van der Waals surface area contributed by atoms with E-state index in [1.165, 1.54) is 16.8 Å². The molecule has 20 heavy (non-hydrogen) atoms. The van der Waals surface area contributed by atoms with Gasteiger partial charge in [0.2, 0.25) is 5.95 Å². The first-order chi connectivity index (χ1) is 9.65. The molecule has 2 N–H and O–H groups in total. The molecule has 0 saturated heterocycles. The average molecular weight is 271 g/mol. The molecule has 3 rings (SSSR count). The second kappa shape index (κ2) is 4.65. The Kier molecular flexibility index (Phi) is 2.82. The molecule has 0 radical (unpaired) electrons. The van der Waals surface area contributed by atoms with E-state index in [1.807, 2.05) is 0 Å². The third kappa shape index (κ3) is 2.07. The van der Waals surface area contributed by atoms with Crippen LogP contribution in [-0.4, -0.2) is 30.2 Å². The number of halogens is 1. The highest BCUT2D eigenvalue weighted by molar-refractivity contribution is 5.59. The highest BCUT2D eigenvalue weighted by Gasteiger charge is 2.14. The first kappa shape index (κ1) is 12.2. The van der Waals surface area contributed by atoms with Gasteiger partial charge in [-0.25, -0.2) is 14.4 Å². The fourth-order valence-corrected chi connectivity index (χ4v) is 1.82. The SMILES string of the molecule is Cc1nc(N)ncc1-c1nnnn1-c1ccc(F)cc1. The Bertz CT molecular complexity index is 751. The van der Waals surface area contributed by atoms with Gasteiger partial charge in [-0.3, -0.25) is 0 Å². The lowest BCUT2D eigenvalue weighted by Crippen LogP contribution is -2.03. The van der Waals surface area contributed by atoms with Gasteiger partial charge in [0.25, 0.3) is 0 Å². The second-order valence-corrected chi connectivity index (χ2v) is 4.12. The highest BCUT2D eigenvalue weighted by atomic mass is 19.1. The van der Waals surface area contributed by atoms with Crippen molar-refractivity contribution in [2.24, 2.45) is 0 Å².